The first-order chi connectivity index (χ1) is 12.6. The summed E-state index contributed by atoms with van der Waals surface area (Å²) >= 11 is 7.49. The van der Waals surface area contributed by atoms with Crippen molar-refractivity contribution in [1.82, 2.24) is 19.7 Å². The summed E-state index contributed by atoms with van der Waals surface area (Å²) in [5.41, 5.74) is 1.95. The van der Waals surface area contributed by atoms with Crippen molar-refractivity contribution >= 4 is 45.7 Å². The van der Waals surface area contributed by atoms with Crippen LogP contribution in [-0.4, -0.2) is 25.7 Å². The zero-order chi connectivity index (χ0) is 18.1. The first kappa shape index (κ1) is 16.7. The summed E-state index contributed by atoms with van der Waals surface area (Å²) in [4.78, 5) is 22.6. The van der Waals surface area contributed by atoms with E-state index in [4.69, 9.17) is 11.6 Å². The molecule has 4 rings (SSSR count). The maximum absolute atomic E-state index is 12.7. The standard InChI is InChI=1S/C18H14ClN5OS/c1-11-7-14(18(25)23-16-5-4-12(19)8-20-16)15-9-21-24(17(15)22-11)10-13-3-2-6-26-13/h2-9H,10H2,1H3,(H,20,23,25). The molecule has 0 radical (unpaired) electrons. The topological polar surface area (TPSA) is 72.7 Å². The van der Waals surface area contributed by atoms with Gasteiger partial charge in [-0.2, -0.15) is 5.10 Å². The molecule has 4 aromatic heterocycles. The van der Waals surface area contributed by atoms with E-state index < -0.39 is 0 Å². The number of nitrogens with one attached hydrogen (secondary N) is 1. The lowest BCUT2D eigenvalue weighted by atomic mass is 10.1. The van der Waals surface area contributed by atoms with E-state index in [1.54, 1.807) is 35.7 Å². The van der Waals surface area contributed by atoms with Gasteiger partial charge in [0.25, 0.3) is 5.91 Å². The van der Waals surface area contributed by atoms with Gasteiger partial charge < -0.3 is 5.32 Å². The van der Waals surface area contributed by atoms with Crippen LogP contribution in [0.15, 0.2) is 48.1 Å². The second-order valence-corrected chi connectivity index (χ2v) is 7.21. The number of amides is 1. The fraction of sp³-hybridized carbons (Fsp3) is 0.111. The van der Waals surface area contributed by atoms with Crippen molar-refractivity contribution in [3.05, 3.63) is 69.3 Å². The first-order valence-electron chi connectivity index (χ1n) is 7.88. The van der Waals surface area contributed by atoms with Crippen molar-refractivity contribution in [2.75, 3.05) is 5.32 Å². The van der Waals surface area contributed by atoms with Crippen LogP contribution >= 0.6 is 22.9 Å². The van der Waals surface area contributed by atoms with Crippen molar-refractivity contribution in [2.24, 2.45) is 0 Å². The van der Waals surface area contributed by atoms with Crippen molar-refractivity contribution in [3.63, 3.8) is 0 Å². The lowest BCUT2D eigenvalue weighted by Crippen LogP contribution is -2.14. The normalized spacial score (nSPS) is 11.0. The highest BCUT2D eigenvalue weighted by molar-refractivity contribution is 7.09. The third-order valence-electron chi connectivity index (χ3n) is 3.84. The van der Waals surface area contributed by atoms with Gasteiger partial charge in [-0.3, -0.25) is 4.79 Å². The molecule has 0 spiro atoms. The van der Waals surface area contributed by atoms with E-state index in [9.17, 15) is 4.79 Å². The van der Waals surface area contributed by atoms with Gasteiger partial charge in [-0.15, -0.1) is 11.3 Å². The number of anilines is 1. The number of carbonyl (C=O) groups is 1. The van der Waals surface area contributed by atoms with E-state index in [2.05, 4.69) is 20.4 Å². The van der Waals surface area contributed by atoms with Gasteiger partial charge in [-0.1, -0.05) is 17.7 Å². The number of hydrogen-bond acceptors (Lipinski definition) is 5. The van der Waals surface area contributed by atoms with Gasteiger partial charge in [0.1, 0.15) is 5.82 Å². The van der Waals surface area contributed by atoms with E-state index in [-0.39, 0.29) is 5.91 Å². The molecule has 4 aromatic rings. The Kier molecular flexibility index (Phi) is 4.40. The Bertz CT molecular complexity index is 1070. The molecule has 0 aliphatic heterocycles. The Morgan fingerprint density at radius 2 is 2.19 bits per heavy atom. The number of aromatic nitrogens is 4. The minimum atomic E-state index is -0.258. The van der Waals surface area contributed by atoms with Crippen LogP contribution in [0.25, 0.3) is 11.0 Å². The number of halogens is 1. The van der Waals surface area contributed by atoms with Gasteiger partial charge in [-0.25, -0.2) is 14.6 Å². The summed E-state index contributed by atoms with van der Waals surface area (Å²) < 4.78 is 1.81. The number of nitrogens with zero attached hydrogens (tertiary/aromatic N) is 4. The van der Waals surface area contributed by atoms with Crippen molar-refractivity contribution in [1.29, 1.82) is 0 Å². The fourth-order valence-electron chi connectivity index (χ4n) is 2.66. The molecule has 8 heteroatoms. The second kappa shape index (κ2) is 6.86. The van der Waals surface area contributed by atoms with Crippen LogP contribution in [0.2, 0.25) is 5.02 Å². The molecule has 130 valence electrons. The second-order valence-electron chi connectivity index (χ2n) is 5.75. The molecule has 0 unspecified atom stereocenters. The lowest BCUT2D eigenvalue weighted by molar-refractivity contribution is 0.102. The molecule has 0 aliphatic rings. The van der Waals surface area contributed by atoms with Crippen molar-refractivity contribution in [2.45, 2.75) is 13.5 Å². The van der Waals surface area contributed by atoms with Crippen molar-refractivity contribution < 1.29 is 4.79 Å². The SMILES string of the molecule is Cc1cc(C(=O)Nc2ccc(Cl)cn2)c2cnn(Cc3cccs3)c2n1. The Labute approximate surface area is 158 Å². The Morgan fingerprint density at radius 1 is 1.31 bits per heavy atom. The summed E-state index contributed by atoms with van der Waals surface area (Å²) in [6.07, 6.45) is 3.17. The first-order valence-corrected chi connectivity index (χ1v) is 9.14. The molecule has 0 aliphatic carbocycles. The van der Waals surface area contributed by atoms with Crippen LogP contribution in [0.5, 0.6) is 0 Å². The van der Waals surface area contributed by atoms with Crippen LogP contribution < -0.4 is 5.32 Å². The summed E-state index contributed by atoms with van der Waals surface area (Å²) in [7, 11) is 0. The maximum Gasteiger partial charge on any atom is 0.257 e. The average Bonchev–Trinajstić information content (AvgIpc) is 3.27. The quantitative estimate of drug-likeness (QED) is 0.574. The van der Waals surface area contributed by atoms with E-state index >= 15 is 0 Å². The number of aryl methyl sites for hydroxylation is 1. The molecule has 0 saturated carbocycles. The zero-order valence-electron chi connectivity index (χ0n) is 13.8. The van der Waals surface area contributed by atoms with Crippen LogP contribution in [0.4, 0.5) is 5.82 Å². The number of pyridine rings is 2. The number of thiophene rings is 1. The molecule has 6 nitrogen and oxygen atoms in total. The molecule has 0 bridgehead atoms. The molecular formula is C18H14ClN5OS. The van der Waals surface area contributed by atoms with Gasteiger partial charge in [0, 0.05) is 16.8 Å². The predicted octanol–water partition coefficient (Wildman–Crippen LogP) is 4.15. The lowest BCUT2D eigenvalue weighted by Gasteiger charge is -2.07. The summed E-state index contributed by atoms with van der Waals surface area (Å²) in [5, 5.41) is 10.5. The van der Waals surface area contributed by atoms with Gasteiger partial charge in [0.2, 0.25) is 0 Å². The van der Waals surface area contributed by atoms with Gasteiger partial charge in [0.05, 0.1) is 28.7 Å². The average molecular weight is 384 g/mol. The van der Waals surface area contributed by atoms with E-state index in [1.807, 2.05) is 29.1 Å². The maximum atomic E-state index is 12.7. The summed E-state index contributed by atoms with van der Waals surface area (Å²) in [6, 6.07) is 9.14. The Hall–Kier alpha value is -2.77. The highest BCUT2D eigenvalue weighted by atomic mass is 35.5. The van der Waals surface area contributed by atoms with E-state index in [0.717, 1.165) is 5.69 Å². The molecule has 0 atom stereocenters. The van der Waals surface area contributed by atoms with Gasteiger partial charge >= 0.3 is 0 Å². The molecule has 4 heterocycles. The highest BCUT2D eigenvalue weighted by Crippen LogP contribution is 2.21. The summed E-state index contributed by atoms with van der Waals surface area (Å²) in [5.74, 6) is 0.180. The van der Waals surface area contributed by atoms with Crippen molar-refractivity contribution in [3.8, 4) is 0 Å². The monoisotopic (exact) mass is 383 g/mol. The molecule has 26 heavy (non-hydrogen) atoms. The Morgan fingerprint density at radius 3 is 2.92 bits per heavy atom. The van der Waals surface area contributed by atoms with Gasteiger partial charge in [0.15, 0.2) is 5.65 Å². The smallest absolute Gasteiger partial charge is 0.257 e. The third kappa shape index (κ3) is 3.31. The van der Waals surface area contributed by atoms with Crippen LogP contribution in [0, 0.1) is 6.92 Å². The minimum Gasteiger partial charge on any atom is -0.307 e. The van der Waals surface area contributed by atoms with E-state index in [0.29, 0.717) is 34.0 Å². The van der Waals surface area contributed by atoms with E-state index in [1.165, 1.54) is 11.1 Å². The number of carbonyl (C=O) groups excluding carboxylic acids is 1. The third-order valence-corrected chi connectivity index (χ3v) is 4.92. The number of rotatable bonds is 4. The number of hydrogen-bond donors (Lipinski definition) is 1. The highest BCUT2D eigenvalue weighted by Gasteiger charge is 2.16. The molecule has 0 saturated heterocycles. The number of fused-ring (bicyclic) bond motifs is 1. The predicted molar refractivity (Wildman–Crippen MR) is 103 cm³/mol. The zero-order valence-corrected chi connectivity index (χ0v) is 15.4. The molecule has 1 amide bonds. The molecular weight excluding hydrogens is 370 g/mol. The molecule has 0 fully saturated rings. The summed E-state index contributed by atoms with van der Waals surface area (Å²) in [6.45, 7) is 2.48. The fourth-order valence-corrected chi connectivity index (χ4v) is 3.46. The minimum absolute atomic E-state index is 0.258. The largest absolute Gasteiger partial charge is 0.307 e. The molecule has 1 N–H and O–H groups in total. The van der Waals surface area contributed by atoms with Crippen LogP contribution in [-0.2, 0) is 6.54 Å². The van der Waals surface area contributed by atoms with Crippen LogP contribution in [0.1, 0.15) is 20.9 Å². The van der Waals surface area contributed by atoms with Crippen LogP contribution in [0.3, 0.4) is 0 Å². The Balaban J connectivity index is 1.69. The molecule has 0 aromatic carbocycles. The van der Waals surface area contributed by atoms with Gasteiger partial charge in [-0.05, 0) is 36.6 Å².